The predicted octanol–water partition coefficient (Wildman–Crippen LogP) is 3.63. The van der Waals surface area contributed by atoms with Gasteiger partial charge in [0.2, 0.25) is 0 Å². The minimum absolute atomic E-state index is 0.171. The minimum Gasteiger partial charge on any atom is -0.508 e. The van der Waals surface area contributed by atoms with Crippen LogP contribution in [-0.2, 0) is 0 Å². The van der Waals surface area contributed by atoms with Gasteiger partial charge in [0.25, 0.3) is 0 Å². The Hall–Kier alpha value is -2.14. The lowest BCUT2D eigenvalue weighted by molar-refractivity contribution is 0.262. The fraction of sp³-hybridized carbons (Fsp3) is 0.0714. The fourth-order valence-corrected chi connectivity index (χ4v) is 1.86. The molecular weight excluding hydrogens is 260 g/mol. The summed E-state index contributed by atoms with van der Waals surface area (Å²) in [6, 6.07) is 11.6. The van der Waals surface area contributed by atoms with E-state index in [2.05, 4.69) is 23.3 Å². The quantitative estimate of drug-likeness (QED) is 0.499. The molecule has 19 heavy (non-hydrogen) atoms. The molecule has 0 aliphatic carbocycles. The lowest BCUT2D eigenvalue weighted by Gasteiger charge is -2.11. The van der Waals surface area contributed by atoms with E-state index >= 15 is 0 Å². The third-order valence-electron chi connectivity index (χ3n) is 2.61. The van der Waals surface area contributed by atoms with Gasteiger partial charge in [0, 0.05) is 10.6 Å². The van der Waals surface area contributed by atoms with E-state index in [9.17, 15) is 9.90 Å². The van der Waals surface area contributed by atoms with E-state index in [0.29, 0.717) is 16.3 Å². The molecule has 2 aromatic rings. The number of nitrogens with one attached hydrogen (secondary N) is 2. The van der Waals surface area contributed by atoms with E-state index in [1.807, 2.05) is 19.1 Å². The van der Waals surface area contributed by atoms with Gasteiger partial charge in [-0.15, -0.1) is 12.6 Å². The van der Waals surface area contributed by atoms with Crippen molar-refractivity contribution in [1.82, 2.24) is 0 Å². The lowest BCUT2D eigenvalue weighted by atomic mass is 10.2. The fourth-order valence-electron chi connectivity index (χ4n) is 1.64. The Labute approximate surface area is 116 Å². The predicted molar refractivity (Wildman–Crippen MR) is 79.2 cm³/mol. The Morgan fingerprint density at radius 2 is 1.79 bits per heavy atom. The molecule has 0 heterocycles. The van der Waals surface area contributed by atoms with Crippen LogP contribution >= 0.6 is 12.6 Å². The van der Waals surface area contributed by atoms with Crippen LogP contribution in [0.1, 0.15) is 5.56 Å². The van der Waals surface area contributed by atoms with Crippen molar-refractivity contribution in [2.24, 2.45) is 0 Å². The Kier molecular flexibility index (Phi) is 3.97. The standard InChI is InChI=1S/C14H14N2O2S/c1-9-8-10(17)6-7-11(9)15-14(18)16-12-4-2-3-5-13(12)19/h2-8,17,19H,1H3,(H2,15,16,18). The molecule has 0 aliphatic heterocycles. The first-order valence-electron chi connectivity index (χ1n) is 5.72. The molecule has 0 fully saturated rings. The molecular formula is C14H14N2O2S. The number of amides is 2. The highest BCUT2D eigenvalue weighted by Gasteiger charge is 2.06. The zero-order valence-electron chi connectivity index (χ0n) is 10.3. The number of carbonyl (C=O) groups excluding carboxylic acids is 1. The molecule has 0 saturated carbocycles. The van der Waals surface area contributed by atoms with Crippen molar-refractivity contribution in [1.29, 1.82) is 0 Å². The van der Waals surface area contributed by atoms with E-state index in [1.54, 1.807) is 24.3 Å². The van der Waals surface area contributed by atoms with Gasteiger partial charge >= 0.3 is 6.03 Å². The normalized spacial score (nSPS) is 10.0. The van der Waals surface area contributed by atoms with E-state index in [0.717, 1.165) is 5.56 Å². The molecule has 2 rings (SSSR count). The molecule has 0 aliphatic rings. The number of aryl methyl sites for hydroxylation is 1. The minimum atomic E-state index is -0.352. The van der Waals surface area contributed by atoms with Crippen LogP contribution in [0, 0.1) is 6.92 Å². The summed E-state index contributed by atoms with van der Waals surface area (Å²) in [4.78, 5) is 12.5. The number of thiol groups is 1. The van der Waals surface area contributed by atoms with Crippen molar-refractivity contribution in [3.05, 3.63) is 48.0 Å². The molecule has 0 aromatic heterocycles. The van der Waals surface area contributed by atoms with Gasteiger partial charge in [0.05, 0.1) is 5.69 Å². The monoisotopic (exact) mass is 274 g/mol. The maximum Gasteiger partial charge on any atom is 0.323 e. The number of anilines is 2. The number of rotatable bonds is 2. The first-order chi connectivity index (χ1) is 9.06. The maximum absolute atomic E-state index is 11.9. The van der Waals surface area contributed by atoms with Crippen LogP contribution in [0.3, 0.4) is 0 Å². The van der Waals surface area contributed by atoms with Gasteiger partial charge in [-0.25, -0.2) is 4.79 Å². The maximum atomic E-state index is 11.9. The van der Waals surface area contributed by atoms with Crippen LogP contribution in [0.4, 0.5) is 16.2 Å². The highest BCUT2D eigenvalue weighted by Crippen LogP contribution is 2.22. The second-order valence-electron chi connectivity index (χ2n) is 4.10. The van der Waals surface area contributed by atoms with Crippen LogP contribution < -0.4 is 10.6 Å². The van der Waals surface area contributed by atoms with Crippen LogP contribution in [0.5, 0.6) is 5.75 Å². The Balaban J connectivity index is 2.08. The van der Waals surface area contributed by atoms with E-state index in [1.165, 1.54) is 6.07 Å². The summed E-state index contributed by atoms with van der Waals surface area (Å²) in [7, 11) is 0. The van der Waals surface area contributed by atoms with Crippen LogP contribution in [-0.4, -0.2) is 11.1 Å². The average Bonchev–Trinajstić information content (AvgIpc) is 2.36. The molecule has 2 amide bonds. The average molecular weight is 274 g/mol. The third-order valence-corrected chi connectivity index (χ3v) is 3.00. The third kappa shape index (κ3) is 3.42. The lowest BCUT2D eigenvalue weighted by Crippen LogP contribution is -2.20. The molecule has 2 aromatic carbocycles. The Morgan fingerprint density at radius 3 is 2.47 bits per heavy atom. The van der Waals surface area contributed by atoms with E-state index in [4.69, 9.17) is 0 Å². The van der Waals surface area contributed by atoms with Crippen LogP contribution in [0.15, 0.2) is 47.4 Å². The number of phenols is 1. The van der Waals surface area contributed by atoms with Crippen molar-refractivity contribution >= 4 is 30.0 Å². The number of aromatic hydroxyl groups is 1. The van der Waals surface area contributed by atoms with Gasteiger partial charge in [-0.05, 0) is 42.8 Å². The van der Waals surface area contributed by atoms with Crippen molar-refractivity contribution < 1.29 is 9.90 Å². The first kappa shape index (κ1) is 13.3. The van der Waals surface area contributed by atoms with E-state index < -0.39 is 0 Å². The number of para-hydroxylation sites is 1. The van der Waals surface area contributed by atoms with Gasteiger partial charge in [-0.3, -0.25) is 0 Å². The van der Waals surface area contributed by atoms with Crippen molar-refractivity contribution in [3.8, 4) is 5.75 Å². The number of urea groups is 1. The second kappa shape index (κ2) is 5.67. The molecule has 5 heteroatoms. The molecule has 0 radical (unpaired) electrons. The van der Waals surface area contributed by atoms with Crippen LogP contribution in [0.25, 0.3) is 0 Å². The smallest absolute Gasteiger partial charge is 0.323 e. The van der Waals surface area contributed by atoms with Crippen LogP contribution in [0.2, 0.25) is 0 Å². The number of carbonyl (C=O) groups is 1. The summed E-state index contributed by atoms with van der Waals surface area (Å²) in [5.74, 6) is 0.171. The zero-order chi connectivity index (χ0) is 13.8. The molecule has 0 bridgehead atoms. The number of phenolic OH excluding ortho intramolecular Hbond substituents is 1. The highest BCUT2D eigenvalue weighted by molar-refractivity contribution is 7.80. The largest absolute Gasteiger partial charge is 0.508 e. The summed E-state index contributed by atoms with van der Waals surface area (Å²) in [6.07, 6.45) is 0. The van der Waals surface area contributed by atoms with Crippen molar-refractivity contribution in [2.75, 3.05) is 10.6 Å². The number of hydrogen-bond acceptors (Lipinski definition) is 3. The Bertz CT molecular complexity index is 614. The number of hydrogen-bond donors (Lipinski definition) is 4. The molecule has 0 saturated heterocycles. The second-order valence-corrected chi connectivity index (χ2v) is 4.58. The summed E-state index contributed by atoms with van der Waals surface area (Å²) in [6.45, 7) is 1.81. The molecule has 3 N–H and O–H groups in total. The summed E-state index contributed by atoms with van der Waals surface area (Å²) in [5.41, 5.74) is 2.07. The van der Waals surface area contributed by atoms with Gasteiger partial charge in [-0.1, -0.05) is 12.1 Å². The molecule has 0 spiro atoms. The number of benzene rings is 2. The zero-order valence-corrected chi connectivity index (χ0v) is 11.2. The first-order valence-corrected chi connectivity index (χ1v) is 6.16. The Morgan fingerprint density at radius 1 is 1.11 bits per heavy atom. The molecule has 0 unspecified atom stereocenters. The topological polar surface area (TPSA) is 61.4 Å². The highest BCUT2D eigenvalue weighted by atomic mass is 32.1. The van der Waals surface area contributed by atoms with Gasteiger partial charge < -0.3 is 15.7 Å². The summed E-state index contributed by atoms with van der Waals surface area (Å²) < 4.78 is 0. The van der Waals surface area contributed by atoms with Gasteiger partial charge in [0.1, 0.15) is 5.75 Å². The molecule has 98 valence electrons. The summed E-state index contributed by atoms with van der Waals surface area (Å²) >= 11 is 4.26. The SMILES string of the molecule is Cc1cc(O)ccc1NC(=O)Nc1ccccc1S. The van der Waals surface area contributed by atoms with Crippen molar-refractivity contribution in [3.63, 3.8) is 0 Å². The molecule has 4 nitrogen and oxygen atoms in total. The van der Waals surface area contributed by atoms with Gasteiger partial charge in [0.15, 0.2) is 0 Å². The summed E-state index contributed by atoms with van der Waals surface area (Å²) in [5, 5.41) is 14.7. The molecule has 0 atom stereocenters. The van der Waals surface area contributed by atoms with E-state index in [-0.39, 0.29) is 11.8 Å². The van der Waals surface area contributed by atoms with Crippen molar-refractivity contribution in [2.45, 2.75) is 11.8 Å². The van der Waals surface area contributed by atoms with Gasteiger partial charge in [-0.2, -0.15) is 0 Å².